The summed E-state index contributed by atoms with van der Waals surface area (Å²) in [4.78, 5) is 6.31. The molecule has 2 N–H and O–H groups in total. The van der Waals surface area contributed by atoms with Crippen molar-refractivity contribution in [2.45, 2.75) is 33.4 Å². The molecule has 0 atom stereocenters. The Labute approximate surface area is 154 Å². The minimum atomic E-state index is -2.89. The summed E-state index contributed by atoms with van der Waals surface area (Å²) in [7, 11) is 3.70. The topological polar surface area (TPSA) is 58.1 Å². The number of likely N-dealkylation sites (N-methyl/N-ethyl adjacent to an activating group) is 1. The van der Waals surface area contributed by atoms with Crippen molar-refractivity contribution in [2.75, 3.05) is 40.3 Å². The quantitative estimate of drug-likeness (QED) is 0.462. The second-order valence-corrected chi connectivity index (χ2v) is 5.74. The van der Waals surface area contributed by atoms with Crippen LogP contribution in [-0.4, -0.2) is 57.8 Å². The van der Waals surface area contributed by atoms with Crippen molar-refractivity contribution in [1.82, 2.24) is 15.5 Å². The van der Waals surface area contributed by atoms with Crippen LogP contribution < -0.4 is 20.1 Å². The molecule has 1 aromatic carbocycles. The van der Waals surface area contributed by atoms with Crippen LogP contribution in [0.25, 0.3) is 0 Å². The van der Waals surface area contributed by atoms with Crippen LogP contribution in [0.2, 0.25) is 0 Å². The standard InChI is InChI=1S/C18H30F2N4O2/c1-5-11-25-15-8-7-14(16(12-15)26-17(19)20)13-23-18(21-3)22-9-10-24(4)6-2/h7-8,12,17H,5-6,9-11,13H2,1-4H3,(H2,21,22,23). The van der Waals surface area contributed by atoms with E-state index in [0.717, 1.165) is 26.1 Å². The first-order chi connectivity index (χ1) is 12.5. The number of hydrogen-bond acceptors (Lipinski definition) is 4. The third kappa shape index (κ3) is 8.33. The zero-order valence-corrected chi connectivity index (χ0v) is 16.0. The molecule has 26 heavy (non-hydrogen) atoms. The molecular formula is C18H30F2N4O2. The number of halogens is 2. The van der Waals surface area contributed by atoms with Gasteiger partial charge >= 0.3 is 6.61 Å². The zero-order chi connectivity index (χ0) is 19.4. The summed E-state index contributed by atoms with van der Waals surface area (Å²) < 4.78 is 35.5. The molecule has 6 nitrogen and oxygen atoms in total. The van der Waals surface area contributed by atoms with Gasteiger partial charge in [-0.1, -0.05) is 13.8 Å². The van der Waals surface area contributed by atoms with Crippen LogP contribution in [-0.2, 0) is 6.54 Å². The Hall–Kier alpha value is -2.09. The van der Waals surface area contributed by atoms with Crippen molar-refractivity contribution in [3.05, 3.63) is 23.8 Å². The van der Waals surface area contributed by atoms with Crippen LogP contribution in [0.5, 0.6) is 11.5 Å². The van der Waals surface area contributed by atoms with Crippen LogP contribution in [0.3, 0.4) is 0 Å². The van der Waals surface area contributed by atoms with Gasteiger partial charge in [-0.2, -0.15) is 8.78 Å². The van der Waals surface area contributed by atoms with Gasteiger partial charge in [0.15, 0.2) is 5.96 Å². The molecule has 0 saturated heterocycles. The van der Waals surface area contributed by atoms with Gasteiger partial charge in [0.2, 0.25) is 0 Å². The van der Waals surface area contributed by atoms with Crippen LogP contribution in [0.4, 0.5) is 8.78 Å². The first-order valence-electron chi connectivity index (χ1n) is 8.83. The largest absolute Gasteiger partial charge is 0.493 e. The minimum absolute atomic E-state index is 0.0993. The molecule has 0 spiro atoms. The van der Waals surface area contributed by atoms with Crippen LogP contribution in [0, 0.1) is 0 Å². The molecule has 0 bridgehead atoms. The molecule has 0 aliphatic carbocycles. The maximum absolute atomic E-state index is 12.7. The number of ether oxygens (including phenoxy) is 2. The Morgan fingerprint density at radius 3 is 2.65 bits per heavy atom. The lowest BCUT2D eigenvalue weighted by atomic mass is 10.2. The van der Waals surface area contributed by atoms with E-state index < -0.39 is 6.61 Å². The van der Waals surface area contributed by atoms with Gasteiger partial charge < -0.3 is 25.0 Å². The highest BCUT2D eigenvalue weighted by atomic mass is 19.3. The highest BCUT2D eigenvalue weighted by Crippen LogP contribution is 2.26. The molecular weight excluding hydrogens is 342 g/mol. The maximum atomic E-state index is 12.7. The molecule has 0 fully saturated rings. The van der Waals surface area contributed by atoms with E-state index in [9.17, 15) is 8.78 Å². The van der Waals surface area contributed by atoms with E-state index in [2.05, 4.69) is 32.2 Å². The lowest BCUT2D eigenvalue weighted by molar-refractivity contribution is -0.0505. The van der Waals surface area contributed by atoms with Crippen molar-refractivity contribution in [1.29, 1.82) is 0 Å². The Balaban J connectivity index is 2.68. The van der Waals surface area contributed by atoms with Gasteiger partial charge in [0.1, 0.15) is 11.5 Å². The molecule has 8 heteroatoms. The van der Waals surface area contributed by atoms with Crippen LogP contribution in [0.1, 0.15) is 25.8 Å². The molecule has 0 amide bonds. The van der Waals surface area contributed by atoms with E-state index in [1.165, 1.54) is 6.07 Å². The molecule has 0 aromatic heterocycles. The second kappa shape index (κ2) is 12.3. The molecule has 0 saturated carbocycles. The number of nitrogens with one attached hydrogen (secondary N) is 2. The van der Waals surface area contributed by atoms with Crippen molar-refractivity contribution < 1.29 is 18.3 Å². The number of alkyl halides is 2. The summed E-state index contributed by atoms with van der Waals surface area (Å²) in [6.45, 7) is 4.57. The van der Waals surface area contributed by atoms with E-state index >= 15 is 0 Å². The fourth-order valence-electron chi connectivity index (χ4n) is 2.12. The smallest absolute Gasteiger partial charge is 0.387 e. The summed E-state index contributed by atoms with van der Waals surface area (Å²) in [5.41, 5.74) is 0.600. The van der Waals surface area contributed by atoms with E-state index in [1.54, 1.807) is 19.2 Å². The number of nitrogens with zero attached hydrogens (tertiary/aromatic N) is 2. The van der Waals surface area contributed by atoms with E-state index in [4.69, 9.17) is 4.74 Å². The number of aliphatic imine (C=N–C) groups is 1. The van der Waals surface area contributed by atoms with Gasteiger partial charge in [0.05, 0.1) is 6.61 Å². The summed E-state index contributed by atoms with van der Waals surface area (Å²) in [6.07, 6.45) is 0.837. The van der Waals surface area contributed by atoms with Crippen molar-refractivity contribution >= 4 is 5.96 Å². The lowest BCUT2D eigenvalue weighted by Crippen LogP contribution is -2.40. The maximum Gasteiger partial charge on any atom is 0.387 e. The summed E-state index contributed by atoms with van der Waals surface area (Å²) >= 11 is 0. The Kier molecular flexibility index (Phi) is 10.4. The molecule has 0 radical (unpaired) electrons. The van der Waals surface area contributed by atoms with Gasteiger partial charge in [-0.25, -0.2) is 0 Å². The number of benzene rings is 1. The predicted molar refractivity (Wildman–Crippen MR) is 100 cm³/mol. The van der Waals surface area contributed by atoms with Gasteiger partial charge in [0, 0.05) is 38.3 Å². The van der Waals surface area contributed by atoms with Gasteiger partial charge in [-0.3, -0.25) is 4.99 Å². The molecule has 1 rings (SSSR count). The highest BCUT2D eigenvalue weighted by molar-refractivity contribution is 5.79. The predicted octanol–water partition coefficient (Wildman–Crippen LogP) is 2.69. The summed E-state index contributed by atoms with van der Waals surface area (Å²) in [5.74, 6) is 1.21. The van der Waals surface area contributed by atoms with E-state index in [-0.39, 0.29) is 5.75 Å². The Morgan fingerprint density at radius 2 is 2.04 bits per heavy atom. The third-order valence-corrected chi connectivity index (χ3v) is 3.72. The average molecular weight is 372 g/mol. The molecule has 0 unspecified atom stereocenters. The zero-order valence-electron chi connectivity index (χ0n) is 16.0. The van der Waals surface area contributed by atoms with Gasteiger partial charge in [-0.15, -0.1) is 0 Å². The SMILES string of the molecule is CCCOc1ccc(CNC(=NC)NCCN(C)CC)c(OC(F)F)c1. The fourth-order valence-corrected chi connectivity index (χ4v) is 2.12. The monoisotopic (exact) mass is 372 g/mol. The van der Waals surface area contributed by atoms with Gasteiger partial charge in [0.25, 0.3) is 0 Å². The molecule has 1 aromatic rings. The van der Waals surface area contributed by atoms with Crippen molar-refractivity contribution in [3.63, 3.8) is 0 Å². The van der Waals surface area contributed by atoms with E-state index in [1.807, 2.05) is 14.0 Å². The number of rotatable bonds is 11. The molecule has 148 valence electrons. The molecule has 0 aliphatic heterocycles. The Bertz CT molecular complexity index is 556. The third-order valence-electron chi connectivity index (χ3n) is 3.72. The number of guanidine groups is 1. The average Bonchev–Trinajstić information content (AvgIpc) is 2.63. The first kappa shape index (κ1) is 22.0. The van der Waals surface area contributed by atoms with Crippen molar-refractivity contribution in [2.24, 2.45) is 4.99 Å². The second-order valence-electron chi connectivity index (χ2n) is 5.74. The van der Waals surface area contributed by atoms with Gasteiger partial charge in [-0.05, 0) is 32.1 Å². The fraction of sp³-hybridized carbons (Fsp3) is 0.611. The Morgan fingerprint density at radius 1 is 1.27 bits per heavy atom. The number of hydrogen-bond donors (Lipinski definition) is 2. The minimum Gasteiger partial charge on any atom is -0.493 e. The van der Waals surface area contributed by atoms with E-state index in [0.29, 0.717) is 30.4 Å². The van der Waals surface area contributed by atoms with Crippen LogP contribution >= 0.6 is 0 Å². The molecule has 0 heterocycles. The lowest BCUT2D eigenvalue weighted by Gasteiger charge is -2.17. The first-order valence-corrected chi connectivity index (χ1v) is 8.83. The summed E-state index contributed by atoms with van der Waals surface area (Å²) in [5, 5.41) is 6.30. The normalized spacial score (nSPS) is 11.8. The summed E-state index contributed by atoms with van der Waals surface area (Å²) in [6, 6.07) is 4.95. The van der Waals surface area contributed by atoms with Crippen molar-refractivity contribution in [3.8, 4) is 11.5 Å². The van der Waals surface area contributed by atoms with Crippen LogP contribution in [0.15, 0.2) is 23.2 Å². The highest BCUT2D eigenvalue weighted by Gasteiger charge is 2.12. The molecule has 0 aliphatic rings.